The molecule has 0 bridgehead atoms. The third kappa shape index (κ3) is 7.44. The number of rotatable bonds is 9. The van der Waals surface area contributed by atoms with E-state index in [0.29, 0.717) is 25.7 Å². The van der Waals surface area contributed by atoms with Gasteiger partial charge in [-0.3, -0.25) is 4.79 Å². The van der Waals surface area contributed by atoms with Crippen LogP contribution in [0, 0.1) is 44.8 Å². The summed E-state index contributed by atoms with van der Waals surface area (Å²) in [7, 11) is 0. The zero-order valence-electron chi connectivity index (χ0n) is 39.2. The first kappa shape index (κ1) is 48.8. The second-order valence-corrected chi connectivity index (χ2v) is 23.6. The lowest BCUT2D eigenvalue weighted by Crippen LogP contribution is -2.65. The fourth-order valence-electron chi connectivity index (χ4n) is 16.1. The van der Waals surface area contributed by atoms with Gasteiger partial charge in [0.05, 0.1) is 55.4 Å². The number of carbonyl (C=O) groups is 1. The minimum atomic E-state index is -1.69. The highest BCUT2D eigenvalue weighted by Gasteiger charge is 2.85. The standard InChI is InChI=1S/C47H76O18/c1-21(48)61-34-25(52)19-60-40(35(34)64-39-33(56)31(54)24(51)18-59-39)63-28-10-12-47-20-46(47)14-13-43(6)36(45(8)11-9-29(65-45)42(4,5)57)22(49)16-44(43,7)27(46)15-26(37(47)41(28,2)3)62-38-32(55)30(53)23(50)17-58-38/h22-40,49-57H,9-20H2,1-8H3/t22-,23-,24-,25+,26-,27-,28+,29-,30-,31-,32-,33-,34+,35+,36+,37+,38-,39-,40+,43+,44-,45+,46-,47+/m0/s1. The largest absolute Gasteiger partial charge is 0.457 e. The summed E-state index contributed by atoms with van der Waals surface area (Å²) in [5.41, 5.74) is -3.47. The normalized spacial score (nSPS) is 56.2. The molecule has 18 heteroatoms. The van der Waals surface area contributed by atoms with E-state index in [2.05, 4.69) is 34.6 Å². The van der Waals surface area contributed by atoms with Crippen molar-refractivity contribution in [1.29, 1.82) is 0 Å². The number of hydrogen-bond acceptors (Lipinski definition) is 18. The minimum Gasteiger partial charge on any atom is -0.457 e. The van der Waals surface area contributed by atoms with Crippen molar-refractivity contribution < 1.29 is 88.6 Å². The molecule has 9 fully saturated rings. The highest BCUT2D eigenvalue weighted by molar-refractivity contribution is 5.66. The van der Waals surface area contributed by atoms with Gasteiger partial charge in [-0.1, -0.05) is 27.7 Å². The van der Waals surface area contributed by atoms with Gasteiger partial charge in [-0.25, -0.2) is 0 Å². The Bertz CT molecular complexity index is 1780. The molecule has 0 unspecified atom stereocenters. The minimum absolute atomic E-state index is 0.0791. The van der Waals surface area contributed by atoms with Crippen LogP contribution in [-0.4, -0.2) is 181 Å². The van der Waals surface area contributed by atoms with E-state index in [0.717, 1.165) is 32.1 Å². The maximum absolute atomic E-state index is 12.4. The van der Waals surface area contributed by atoms with E-state index in [-0.39, 0.29) is 65.3 Å². The molecule has 372 valence electrons. The van der Waals surface area contributed by atoms with E-state index in [9.17, 15) is 50.8 Å². The van der Waals surface area contributed by atoms with Crippen LogP contribution >= 0.6 is 0 Å². The Labute approximate surface area is 381 Å². The maximum Gasteiger partial charge on any atom is 0.303 e. The first-order valence-corrected chi connectivity index (χ1v) is 24.1. The molecule has 0 aromatic carbocycles. The lowest BCUT2D eigenvalue weighted by Gasteiger charge is -2.65. The van der Waals surface area contributed by atoms with Gasteiger partial charge >= 0.3 is 5.97 Å². The number of ether oxygens (including phenoxy) is 8. The van der Waals surface area contributed by atoms with E-state index in [1.165, 1.54) is 6.92 Å². The zero-order chi connectivity index (χ0) is 47.2. The summed E-state index contributed by atoms with van der Waals surface area (Å²) in [5, 5.41) is 98.3. The monoisotopic (exact) mass is 929 g/mol. The molecule has 4 aliphatic heterocycles. The van der Waals surface area contributed by atoms with Crippen molar-refractivity contribution in [3.05, 3.63) is 0 Å². The summed E-state index contributed by atoms with van der Waals surface area (Å²) in [5.74, 6) is -1.02. The molecular weight excluding hydrogens is 852 g/mol. The summed E-state index contributed by atoms with van der Waals surface area (Å²) in [6, 6.07) is 0. The smallest absolute Gasteiger partial charge is 0.303 e. The van der Waals surface area contributed by atoms with Crippen LogP contribution in [0.15, 0.2) is 0 Å². The predicted octanol–water partition coefficient (Wildman–Crippen LogP) is 0.397. The molecule has 9 aliphatic rings. The number of carbonyl (C=O) groups excluding carboxylic acids is 1. The Morgan fingerprint density at radius 1 is 0.631 bits per heavy atom. The van der Waals surface area contributed by atoms with Crippen LogP contribution in [-0.2, 0) is 42.7 Å². The van der Waals surface area contributed by atoms with Crippen LogP contribution in [0.4, 0.5) is 0 Å². The van der Waals surface area contributed by atoms with Crippen molar-refractivity contribution in [3.8, 4) is 0 Å². The number of hydrogen-bond donors (Lipinski definition) is 9. The lowest BCUT2D eigenvalue weighted by atomic mass is 9.41. The SMILES string of the molecule is CC(=O)O[C@H]1[C@@H](O[C@@H]2OC[C@H](O)[C@H](O)[C@@H]2O)[C@@H](O[C@@H]2CC[C@]34C[C@]35CC[C@]3(C)[C@H]([C@@]6(C)CC[C@@H](C(C)(C)O)O6)[C@@H](O)C[C@@]3(C)[C@@H]5C[C@H](O[C@@H]3OC[C@H](O)[C@H](O)[C@@H]3O)[C@@H]4C2(C)C)OC[C@H]1O. The van der Waals surface area contributed by atoms with Gasteiger partial charge in [0.25, 0.3) is 0 Å². The van der Waals surface area contributed by atoms with Crippen LogP contribution in [0.2, 0.25) is 0 Å². The molecule has 0 amide bonds. The lowest BCUT2D eigenvalue weighted by molar-refractivity contribution is -0.359. The molecule has 0 aromatic heterocycles. The Balaban J connectivity index is 1.04. The highest BCUT2D eigenvalue weighted by Crippen LogP contribution is 2.89. The van der Waals surface area contributed by atoms with Crippen molar-refractivity contribution in [1.82, 2.24) is 0 Å². The summed E-state index contributed by atoms with van der Waals surface area (Å²) in [6.07, 6.45) is -12.5. The van der Waals surface area contributed by atoms with Gasteiger partial charge in [-0.15, -0.1) is 0 Å². The molecule has 0 radical (unpaired) electrons. The molecule has 4 saturated heterocycles. The predicted molar refractivity (Wildman–Crippen MR) is 224 cm³/mol. The Kier molecular flexibility index (Phi) is 12.4. The first-order chi connectivity index (χ1) is 30.2. The van der Waals surface area contributed by atoms with Gasteiger partial charge in [-0.05, 0) is 117 Å². The van der Waals surface area contributed by atoms with Crippen LogP contribution < -0.4 is 0 Å². The fraction of sp³-hybridized carbons (Fsp3) is 0.979. The quantitative estimate of drug-likeness (QED) is 0.112. The number of fused-ring (bicyclic) bond motifs is 2. The summed E-state index contributed by atoms with van der Waals surface area (Å²) >= 11 is 0. The van der Waals surface area contributed by atoms with Gasteiger partial charge in [-0.2, -0.15) is 0 Å². The molecular formula is C47H76O18. The van der Waals surface area contributed by atoms with Gasteiger partial charge in [0.15, 0.2) is 31.1 Å². The van der Waals surface area contributed by atoms with E-state index in [1.54, 1.807) is 13.8 Å². The molecule has 5 saturated carbocycles. The van der Waals surface area contributed by atoms with Crippen LogP contribution in [0.3, 0.4) is 0 Å². The van der Waals surface area contributed by atoms with Crippen molar-refractivity contribution in [3.63, 3.8) is 0 Å². The van der Waals surface area contributed by atoms with Crippen molar-refractivity contribution in [2.75, 3.05) is 19.8 Å². The summed E-state index contributed by atoms with van der Waals surface area (Å²) < 4.78 is 50.1. The summed E-state index contributed by atoms with van der Waals surface area (Å²) in [4.78, 5) is 12.4. The molecule has 9 rings (SSSR count). The van der Waals surface area contributed by atoms with Crippen molar-refractivity contribution >= 4 is 5.97 Å². The van der Waals surface area contributed by atoms with Crippen LogP contribution in [0.25, 0.3) is 0 Å². The molecule has 9 N–H and O–H groups in total. The maximum atomic E-state index is 12.4. The van der Waals surface area contributed by atoms with Gasteiger partial charge in [0, 0.05) is 12.8 Å². The third-order valence-electron chi connectivity index (χ3n) is 19.2. The highest BCUT2D eigenvalue weighted by atomic mass is 16.8. The average Bonchev–Trinajstić information content (AvgIpc) is 3.58. The molecule has 65 heavy (non-hydrogen) atoms. The molecule has 4 heterocycles. The number of aliphatic hydroxyl groups excluding tert-OH is 8. The Morgan fingerprint density at radius 2 is 1.23 bits per heavy atom. The van der Waals surface area contributed by atoms with Crippen molar-refractivity contribution in [2.24, 2.45) is 44.8 Å². The molecule has 2 spiro atoms. The molecule has 18 nitrogen and oxygen atoms in total. The fourth-order valence-corrected chi connectivity index (χ4v) is 16.1. The van der Waals surface area contributed by atoms with Gasteiger partial charge < -0.3 is 83.9 Å². The second kappa shape index (κ2) is 16.5. The van der Waals surface area contributed by atoms with Crippen molar-refractivity contribution in [2.45, 2.75) is 223 Å². The second-order valence-electron chi connectivity index (χ2n) is 23.6. The third-order valence-corrected chi connectivity index (χ3v) is 19.2. The van der Waals surface area contributed by atoms with E-state index < -0.39 is 115 Å². The molecule has 0 aromatic rings. The average molecular weight is 929 g/mol. The van der Waals surface area contributed by atoms with E-state index in [1.807, 2.05) is 0 Å². The number of esters is 1. The Hall–Kier alpha value is -1.17. The first-order valence-electron chi connectivity index (χ1n) is 24.1. The zero-order valence-corrected chi connectivity index (χ0v) is 39.2. The van der Waals surface area contributed by atoms with Crippen LogP contribution in [0.5, 0.6) is 0 Å². The van der Waals surface area contributed by atoms with E-state index >= 15 is 0 Å². The number of aliphatic hydroxyl groups is 9. The molecule has 24 atom stereocenters. The van der Waals surface area contributed by atoms with E-state index in [4.69, 9.17) is 37.9 Å². The van der Waals surface area contributed by atoms with Gasteiger partial charge in [0.1, 0.15) is 42.7 Å². The van der Waals surface area contributed by atoms with Gasteiger partial charge in [0.2, 0.25) is 0 Å². The molecule has 5 aliphatic carbocycles. The summed E-state index contributed by atoms with van der Waals surface area (Å²) in [6.45, 7) is 14.9. The van der Waals surface area contributed by atoms with Crippen LogP contribution in [0.1, 0.15) is 113 Å². The Morgan fingerprint density at radius 3 is 1.83 bits per heavy atom. The topological polar surface area (TPSA) is 273 Å².